The maximum Gasteiger partial charge on any atom is 0.417 e. The molecule has 0 atom stereocenters. The second-order valence-corrected chi connectivity index (χ2v) is 4.36. The van der Waals surface area contributed by atoms with Crippen molar-refractivity contribution in [1.82, 2.24) is 4.98 Å². The lowest BCUT2D eigenvalue weighted by atomic mass is 10.2. The number of nitrogens with zero attached hydrogens (tertiary/aromatic N) is 1. The van der Waals surface area contributed by atoms with E-state index in [9.17, 15) is 23.1 Å². The van der Waals surface area contributed by atoms with Gasteiger partial charge in [-0.05, 0) is 18.2 Å². The van der Waals surface area contributed by atoms with Crippen LogP contribution in [-0.4, -0.2) is 16.4 Å². The molecular weight excluding hydrogens is 311 g/mol. The molecule has 0 aliphatic carbocycles. The molecule has 0 saturated carbocycles. The molecule has 110 valence electrons. The summed E-state index contributed by atoms with van der Waals surface area (Å²) in [6, 6.07) is 4.33. The Hall–Kier alpha value is -2.28. The second kappa shape index (κ2) is 5.61. The van der Waals surface area contributed by atoms with E-state index >= 15 is 0 Å². The first kappa shape index (κ1) is 15.1. The van der Waals surface area contributed by atoms with Gasteiger partial charge in [0.2, 0.25) is 5.88 Å². The number of aldehydes is 1. The number of phenols is 1. The number of aromatic nitrogens is 1. The van der Waals surface area contributed by atoms with E-state index < -0.39 is 11.7 Å². The number of hydrogen-bond donors (Lipinski definition) is 1. The van der Waals surface area contributed by atoms with E-state index in [4.69, 9.17) is 16.3 Å². The maximum absolute atomic E-state index is 12.5. The van der Waals surface area contributed by atoms with Crippen LogP contribution in [0.2, 0.25) is 5.02 Å². The normalized spacial score (nSPS) is 11.2. The fourth-order valence-corrected chi connectivity index (χ4v) is 1.67. The molecule has 0 saturated heterocycles. The molecule has 1 aromatic heterocycles. The number of pyridine rings is 1. The lowest BCUT2D eigenvalue weighted by Gasteiger charge is -2.11. The Bertz CT molecular complexity index is 689. The molecule has 21 heavy (non-hydrogen) atoms. The van der Waals surface area contributed by atoms with Crippen LogP contribution in [0.1, 0.15) is 15.9 Å². The van der Waals surface area contributed by atoms with Crippen LogP contribution in [0.5, 0.6) is 17.4 Å². The fourth-order valence-electron chi connectivity index (χ4n) is 1.47. The zero-order valence-corrected chi connectivity index (χ0v) is 10.9. The van der Waals surface area contributed by atoms with Gasteiger partial charge in [0.1, 0.15) is 16.5 Å². The van der Waals surface area contributed by atoms with Crippen molar-refractivity contribution in [2.75, 3.05) is 0 Å². The van der Waals surface area contributed by atoms with Crippen molar-refractivity contribution < 1.29 is 27.8 Å². The monoisotopic (exact) mass is 317 g/mol. The van der Waals surface area contributed by atoms with Crippen LogP contribution in [0.15, 0.2) is 30.5 Å². The van der Waals surface area contributed by atoms with E-state index in [1.165, 1.54) is 12.1 Å². The van der Waals surface area contributed by atoms with Gasteiger partial charge < -0.3 is 9.84 Å². The Labute approximate surface area is 121 Å². The average Bonchev–Trinajstić information content (AvgIpc) is 2.40. The molecule has 1 N–H and O–H groups in total. The highest BCUT2D eigenvalue weighted by Crippen LogP contribution is 2.35. The number of aromatic hydroxyl groups is 1. The molecule has 2 aromatic rings. The standard InChI is InChI=1S/C13H7ClF3NO3/c14-10-3-8(13(15,16)17)5-18-12(10)21-11-4-9(20)2-1-7(11)6-19/h1-6,20H. The second-order valence-electron chi connectivity index (χ2n) is 3.95. The summed E-state index contributed by atoms with van der Waals surface area (Å²) in [5.74, 6) is -0.559. The van der Waals surface area contributed by atoms with E-state index in [1.807, 2.05) is 0 Å². The van der Waals surface area contributed by atoms with E-state index in [2.05, 4.69) is 4.98 Å². The minimum Gasteiger partial charge on any atom is -0.508 e. The summed E-state index contributed by atoms with van der Waals surface area (Å²) in [6.07, 6.45) is -3.55. The molecule has 0 aliphatic rings. The van der Waals surface area contributed by atoms with Crippen LogP contribution in [0.25, 0.3) is 0 Å². The Morgan fingerprint density at radius 2 is 2.00 bits per heavy atom. The topological polar surface area (TPSA) is 59.4 Å². The molecule has 0 aliphatic heterocycles. The van der Waals surface area contributed by atoms with Gasteiger partial charge in [-0.25, -0.2) is 4.98 Å². The summed E-state index contributed by atoms with van der Waals surface area (Å²) in [7, 11) is 0. The molecule has 2 rings (SSSR count). The smallest absolute Gasteiger partial charge is 0.417 e. The molecule has 0 unspecified atom stereocenters. The maximum atomic E-state index is 12.5. The predicted octanol–water partition coefficient (Wildman–Crippen LogP) is 4.06. The van der Waals surface area contributed by atoms with Crippen molar-refractivity contribution in [3.63, 3.8) is 0 Å². The van der Waals surface area contributed by atoms with Crippen molar-refractivity contribution in [1.29, 1.82) is 0 Å². The highest BCUT2D eigenvalue weighted by molar-refractivity contribution is 6.31. The van der Waals surface area contributed by atoms with Gasteiger partial charge in [0.05, 0.1) is 11.1 Å². The van der Waals surface area contributed by atoms with Crippen LogP contribution < -0.4 is 4.74 Å². The molecule has 1 heterocycles. The van der Waals surface area contributed by atoms with Gasteiger partial charge in [0.25, 0.3) is 0 Å². The molecule has 1 aromatic carbocycles. The summed E-state index contributed by atoms with van der Waals surface area (Å²) >= 11 is 5.68. The largest absolute Gasteiger partial charge is 0.508 e. The summed E-state index contributed by atoms with van der Waals surface area (Å²) < 4.78 is 42.6. The van der Waals surface area contributed by atoms with Gasteiger partial charge in [0, 0.05) is 12.3 Å². The average molecular weight is 318 g/mol. The predicted molar refractivity (Wildman–Crippen MR) is 67.8 cm³/mol. The zero-order valence-electron chi connectivity index (χ0n) is 10.2. The van der Waals surface area contributed by atoms with Gasteiger partial charge in [0.15, 0.2) is 6.29 Å². The number of benzene rings is 1. The van der Waals surface area contributed by atoms with Crippen molar-refractivity contribution in [3.8, 4) is 17.4 Å². The first-order valence-electron chi connectivity index (χ1n) is 5.50. The number of hydrogen-bond acceptors (Lipinski definition) is 4. The Kier molecular flexibility index (Phi) is 4.04. The van der Waals surface area contributed by atoms with Crippen LogP contribution in [0.4, 0.5) is 13.2 Å². The molecule has 0 amide bonds. The number of alkyl halides is 3. The van der Waals surface area contributed by atoms with Gasteiger partial charge in [-0.2, -0.15) is 13.2 Å². The van der Waals surface area contributed by atoms with Crippen molar-refractivity contribution >= 4 is 17.9 Å². The fraction of sp³-hybridized carbons (Fsp3) is 0.0769. The number of phenolic OH excluding ortho intramolecular Hbond substituents is 1. The third-order valence-electron chi connectivity index (χ3n) is 2.47. The van der Waals surface area contributed by atoms with Gasteiger partial charge in [-0.3, -0.25) is 4.79 Å². The Balaban J connectivity index is 2.37. The van der Waals surface area contributed by atoms with Gasteiger partial charge in [-0.15, -0.1) is 0 Å². The summed E-state index contributed by atoms with van der Waals surface area (Å²) in [4.78, 5) is 14.3. The summed E-state index contributed by atoms with van der Waals surface area (Å²) in [5.41, 5.74) is -0.933. The minimum absolute atomic E-state index is 0.0702. The molecular formula is C13H7ClF3NO3. The van der Waals surface area contributed by atoms with E-state index in [0.29, 0.717) is 18.5 Å². The summed E-state index contributed by atoms with van der Waals surface area (Å²) in [6.45, 7) is 0. The SMILES string of the molecule is O=Cc1ccc(O)cc1Oc1ncc(C(F)(F)F)cc1Cl. The zero-order chi connectivity index (χ0) is 15.6. The molecule has 0 radical (unpaired) electrons. The number of carbonyl (C=O) groups excluding carboxylic acids is 1. The van der Waals surface area contributed by atoms with Gasteiger partial charge >= 0.3 is 6.18 Å². The Morgan fingerprint density at radius 3 is 2.57 bits per heavy atom. The number of rotatable bonds is 3. The molecule has 0 bridgehead atoms. The molecule has 8 heteroatoms. The van der Waals surface area contributed by atoms with Crippen molar-refractivity contribution in [3.05, 3.63) is 46.6 Å². The van der Waals surface area contributed by atoms with Crippen molar-refractivity contribution in [2.24, 2.45) is 0 Å². The van der Waals surface area contributed by atoms with E-state index in [0.717, 1.165) is 6.07 Å². The third-order valence-corrected chi connectivity index (χ3v) is 2.74. The quantitative estimate of drug-likeness (QED) is 0.867. The van der Waals surface area contributed by atoms with E-state index in [-0.39, 0.29) is 28.0 Å². The number of ether oxygens (including phenoxy) is 1. The van der Waals surface area contributed by atoms with Crippen LogP contribution in [-0.2, 0) is 6.18 Å². The number of carbonyl (C=O) groups is 1. The van der Waals surface area contributed by atoms with Crippen molar-refractivity contribution in [2.45, 2.75) is 6.18 Å². The highest BCUT2D eigenvalue weighted by atomic mass is 35.5. The van der Waals surface area contributed by atoms with Gasteiger partial charge in [-0.1, -0.05) is 11.6 Å². The van der Waals surface area contributed by atoms with E-state index in [1.54, 1.807) is 0 Å². The Morgan fingerprint density at radius 1 is 1.29 bits per heavy atom. The lowest BCUT2D eigenvalue weighted by molar-refractivity contribution is -0.137. The number of halogens is 4. The molecule has 0 fully saturated rings. The first-order chi connectivity index (χ1) is 9.81. The van der Waals surface area contributed by atoms with Crippen LogP contribution >= 0.6 is 11.6 Å². The van der Waals surface area contributed by atoms with Crippen LogP contribution in [0.3, 0.4) is 0 Å². The minimum atomic E-state index is -4.58. The van der Waals surface area contributed by atoms with Crippen LogP contribution in [0, 0.1) is 0 Å². The first-order valence-corrected chi connectivity index (χ1v) is 5.88. The highest BCUT2D eigenvalue weighted by Gasteiger charge is 2.31. The lowest BCUT2D eigenvalue weighted by Crippen LogP contribution is -2.06. The third kappa shape index (κ3) is 3.43. The molecule has 4 nitrogen and oxygen atoms in total. The summed E-state index contributed by atoms with van der Waals surface area (Å²) in [5, 5.41) is 8.96. The molecule has 0 spiro atoms.